The summed E-state index contributed by atoms with van der Waals surface area (Å²) < 4.78 is 42.8. The third-order valence-corrected chi connectivity index (χ3v) is 7.02. The molecule has 0 spiro atoms. The third-order valence-electron chi connectivity index (χ3n) is 4.33. The van der Waals surface area contributed by atoms with E-state index in [-0.39, 0.29) is 15.5 Å². The Labute approximate surface area is 175 Å². The summed E-state index contributed by atoms with van der Waals surface area (Å²) in [6, 6.07) is 16.7. The van der Waals surface area contributed by atoms with Crippen molar-refractivity contribution in [1.29, 1.82) is 0 Å². The Hall–Kier alpha value is -2.68. The van der Waals surface area contributed by atoms with Crippen LogP contribution in [0.5, 0.6) is 0 Å². The predicted molar refractivity (Wildman–Crippen MR) is 114 cm³/mol. The summed E-state index contributed by atoms with van der Waals surface area (Å²) in [5.41, 5.74) is 1.67. The Bertz CT molecular complexity index is 1360. The van der Waals surface area contributed by atoms with E-state index in [2.05, 4.69) is 4.72 Å². The quantitative estimate of drug-likeness (QED) is 0.481. The van der Waals surface area contributed by atoms with Crippen molar-refractivity contribution in [2.75, 3.05) is 4.72 Å². The average Bonchev–Trinajstić information content (AvgIpc) is 3.00. The smallest absolute Gasteiger partial charge is 0.294 e. The van der Waals surface area contributed by atoms with Crippen molar-refractivity contribution in [2.24, 2.45) is 0 Å². The molecule has 0 aliphatic rings. The van der Waals surface area contributed by atoms with E-state index in [9.17, 15) is 17.6 Å². The molecule has 29 heavy (non-hydrogen) atoms. The highest BCUT2D eigenvalue weighted by atomic mass is 35.5. The number of sulfonamides is 1. The summed E-state index contributed by atoms with van der Waals surface area (Å²) in [6.07, 6.45) is 0. The number of fused-ring (bicyclic) bond motifs is 1. The van der Waals surface area contributed by atoms with Gasteiger partial charge in [0.15, 0.2) is 0 Å². The van der Waals surface area contributed by atoms with Crippen LogP contribution in [0.15, 0.2) is 76.4 Å². The summed E-state index contributed by atoms with van der Waals surface area (Å²) in [6.45, 7) is 0.290. The van der Waals surface area contributed by atoms with Gasteiger partial charge in [0.1, 0.15) is 5.82 Å². The van der Waals surface area contributed by atoms with Crippen molar-refractivity contribution in [3.05, 3.63) is 92.8 Å². The highest BCUT2D eigenvalue weighted by Crippen LogP contribution is 2.25. The summed E-state index contributed by atoms with van der Waals surface area (Å²) >= 11 is 7.16. The molecule has 1 aromatic heterocycles. The molecule has 0 amide bonds. The normalized spacial score (nSPS) is 11.7. The van der Waals surface area contributed by atoms with E-state index < -0.39 is 15.8 Å². The third kappa shape index (κ3) is 4.05. The van der Waals surface area contributed by atoms with E-state index in [1.54, 1.807) is 16.7 Å². The van der Waals surface area contributed by atoms with Gasteiger partial charge in [-0.2, -0.15) is 0 Å². The van der Waals surface area contributed by atoms with Crippen molar-refractivity contribution in [1.82, 2.24) is 4.57 Å². The van der Waals surface area contributed by atoms with Crippen LogP contribution in [0, 0.1) is 5.82 Å². The molecule has 0 saturated heterocycles. The van der Waals surface area contributed by atoms with E-state index in [4.69, 9.17) is 11.6 Å². The van der Waals surface area contributed by atoms with E-state index in [0.29, 0.717) is 21.8 Å². The van der Waals surface area contributed by atoms with Crippen LogP contribution in [-0.4, -0.2) is 13.0 Å². The summed E-state index contributed by atoms with van der Waals surface area (Å²) in [5.74, 6) is -0.459. The number of thiazole rings is 1. The fourth-order valence-corrected chi connectivity index (χ4v) is 5.18. The number of hydrogen-bond acceptors (Lipinski definition) is 4. The molecule has 1 heterocycles. The maximum atomic E-state index is 13.0. The largest absolute Gasteiger partial charge is 0.308 e. The fraction of sp³-hybridized carbons (Fsp3) is 0.0500. The number of anilines is 1. The zero-order chi connectivity index (χ0) is 20.6. The van der Waals surface area contributed by atoms with Gasteiger partial charge in [-0.15, -0.1) is 0 Å². The van der Waals surface area contributed by atoms with Crippen LogP contribution in [0.4, 0.5) is 10.1 Å². The minimum atomic E-state index is -3.89. The second kappa shape index (κ2) is 7.62. The zero-order valence-corrected chi connectivity index (χ0v) is 17.2. The second-order valence-electron chi connectivity index (χ2n) is 6.29. The van der Waals surface area contributed by atoms with Gasteiger partial charge in [0.25, 0.3) is 10.0 Å². The molecule has 4 aromatic rings. The molecule has 4 rings (SSSR count). The van der Waals surface area contributed by atoms with Crippen LogP contribution in [-0.2, 0) is 16.6 Å². The molecule has 0 aliphatic heterocycles. The van der Waals surface area contributed by atoms with Crippen molar-refractivity contribution in [3.63, 3.8) is 0 Å². The number of benzene rings is 3. The minimum Gasteiger partial charge on any atom is -0.294 e. The molecule has 0 atom stereocenters. The van der Waals surface area contributed by atoms with Crippen molar-refractivity contribution in [3.8, 4) is 0 Å². The lowest BCUT2D eigenvalue weighted by Gasteiger charge is -2.09. The number of aromatic nitrogens is 1. The topological polar surface area (TPSA) is 68.2 Å². The van der Waals surface area contributed by atoms with Gasteiger partial charge in [0.05, 0.1) is 21.7 Å². The second-order valence-corrected chi connectivity index (χ2v) is 9.37. The van der Waals surface area contributed by atoms with Crippen molar-refractivity contribution in [2.45, 2.75) is 11.4 Å². The number of halogens is 2. The molecule has 0 fully saturated rings. The van der Waals surface area contributed by atoms with Crippen LogP contribution in [0.25, 0.3) is 10.2 Å². The first-order valence-corrected chi connectivity index (χ1v) is 11.2. The molecule has 0 unspecified atom stereocenters. The van der Waals surface area contributed by atoms with E-state index >= 15 is 0 Å². The predicted octanol–water partition coefficient (Wildman–Crippen LogP) is 4.70. The molecule has 3 aromatic carbocycles. The summed E-state index contributed by atoms with van der Waals surface area (Å²) in [5, 5.41) is 0.557. The first-order valence-electron chi connectivity index (χ1n) is 8.49. The lowest BCUT2D eigenvalue weighted by Crippen LogP contribution is -2.14. The van der Waals surface area contributed by atoms with Crippen molar-refractivity contribution >= 4 is 48.9 Å². The van der Waals surface area contributed by atoms with Gasteiger partial charge < -0.3 is 0 Å². The van der Waals surface area contributed by atoms with Crippen LogP contribution >= 0.6 is 22.9 Å². The molecule has 9 heteroatoms. The Kier molecular flexibility index (Phi) is 5.16. The lowest BCUT2D eigenvalue weighted by molar-refractivity contribution is 0.601. The standard InChI is InChI=1S/C20H14ClFN2O3S2/c21-17-4-2-1-3-13(17)12-24-18-10-9-16(11-19(18)28-20(24)25)29(26,27)23-15-7-5-14(22)6-8-15/h1-11,23H,12H2. The fourth-order valence-electron chi connectivity index (χ4n) is 2.89. The van der Waals surface area contributed by atoms with Gasteiger partial charge >= 0.3 is 4.87 Å². The van der Waals surface area contributed by atoms with Gasteiger partial charge in [-0.1, -0.05) is 41.1 Å². The van der Waals surface area contributed by atoms with E-state index in [1.165, 1.54) is 36.4 Å². The molecular formula is C20H14ClFN2O3S2. The highest BCUT2D eigenvalue weighted by Gasteiger charge is 2.17. The van der Waals surface area contributed by atoms with Gasteiger partial charge in [0.2, 0.25) is 0 Å². The first kappa shape index (κ1) is 19.6. The number of nitrogens with zero attached hydrogens (tertiary/aromatic N) is 1. The molecule has 5 nitrogen and oxygen atoms in total. The molecule has 148 valence electrons. The molecule has 0 bridgehead atoms. The van der Waals surface area contributed by atoms with Gasteiger partial charge in [-0.25, -0.2) is 12.8 Å². The first-order chi connectivity index (χ1) is 13.8. The Balaban J connectivity index is 1.69. The number of rotatable bonds is 5. The Morgan fingerprint density at radius 3 is 2.48 bits per heavy atom. The maximum absolute atomic E-state index is 13.0. The zero-order valence-electron chi connectivity index (χ0n) is 14.8. The van der Waals surface area contributed by atoms with Crippen LogP contribution in [0.3, 0.4) is 0 Å². The van der Waals surface area contributed by atoms with Crippen LogP contribution in [0.1, 0.15) is 5.56 Å². The summed E-state index contributed by atoms with van der Waals surface area (Å²) in [7, 11) is -3.89. The van der Waals surface area contributed by atoms with Gasteiger partial charge in [-0.3, -0.25) is 14.1 Å². The van der Waals surface area contributed by atoms with Crippen LogP contribution < -0.4 is 9.60 Å². The monoisotopic (exact) mass is 448 g/mol. The SMILES string of the molecule is O=c1sc2cc(S(=O)(=O)Nc3ccc(F)cc3)ccc2n1Cc1ccccc1Cl. The van der Waals surface area contributed by atoms with E-state index in [1.807, 2.05) is 18.2 Å². The van der Waals surface area contributed by atoms with Crippen molar-refractivity contribution < 1.29 is 12.8 Å². The van der Waals surface area contributed by atoms with Gasteiger partial charge in [0, 0.05) is 10.7 Å². The number of hydrogen-bond donors (Lipinski definition) is 1. The van der Waals surface area contributed by atoms with Crippen LogP contribution in [0.2, 0.25) is 5.02 Å². The molecular weight excluding hydrogens is 435 g/mol. The number of nitrogens with one attached hydrogen (secondary N) is 1. The molecule has 0 radical (unpaired) electrons. The maximum Gasteiger partial charge on any atom is 0.308 e. The summed E-state index contributed by atoms with van der Waals surface area (Å²) in [4.78, 5) is 12.3. The minimum absolute atomic E-state index is 0.0143. The van der Waals surface area contributed by atoms with E-state index in [0.717, 1.165) is 16.9 Å². The Morgan fingerprint density at radius 1 is 1.03 bits per heavy atom. The molecule has 0 saturated carbocycles. The Morgan fingerprint density at radius 2 is 1.76 bits per heavy atom. The molecule has 0 aliphatic carbocycles. The average molecular weight is 449 g/mol. The molecule has 1 N–H and O–H groups in total. The lowest BCUT2D eigenvalue weighted by atomic mass is 10.2. The highest BCUT2D eigenvalue weighted by molar-refractivity contribution is 7.92. The van der Waals surface area contributed by atoms with Gasteiger partial charge in [-0.05, 0) is 54.1 Å².